The van der Waals surface area contributed by atoms with Crippen LogP contribution >= 0.6 is 0 Å². The zero-order valence-corrected chi connectivity index (χ0v) is 10.6. The molecule has 0 bridgehead atoms. The van der Waals surface area contributed by atoms with Crippen molar-refractivity contribution in [3.05, 3.63) is 0 Å². The second-order valence-corrected chi connectivity index (χ2v) is 4.15. The van der Waals surface area contributed by atoms with E-state index < -0.39 is 46.6 Å². The molecule has 0 aliphatic rings. The molecular weight excluding hydrogens is 257 g/mol. The molecule has 0 rings (SSSR count). The van der Waals surface area contributed by atoms with Crippen molar-refractivity contribution in [3.8, 4) is 0 Å². The molecule has 0 aromatic rings. The summed E-state index contributed by atoms with van der Waals surface area (Å²) < 4.78 is 67.3. The second-order valence-electron chi connectivity index (χ2n) is 4.15. The van der Waals surface area contributed by atoms with Gasteiger partial charge in [-0.1, -0.05) is 0 Å². The summed E-state index contributed by atoms with van der Waals surface area (Å²) in [6, 6.07) is 0. The Labute approximate surface area is 128 Å². The third kappa shape index (κ3) is 6.17. The normalized spacial score (nSPS) is 9.05. The quantitative estimate of drug-likeness (QED) is 0.280. The fourth-order valence-electron chi connectivity index (χ4n) is 1.58. The highest BCUT2D eigenvalue weighted by molar-refractivity contribution is 7.98. The Bertz CT molecular complexity index is 248. The molecule has 0 aliphatic heterocycles. The first-order valence-electron chi connectivity index (χ1n) is 5.76. The largest absolute Gasteiger partial charge is 0.361 e. The van der Waals surface area contributed by atoms with E-state index in [0.29, 0.717) is 28.2 Å². The molecule has 0 nitrogen and oxygen atoms in total. The fraction of sp³-hybridized carbons (Fsp3) is 0. The van der Waals surface area contributed by atoms with Gasteiger partial charge >= 0.3 is 0 Å². The van der Waals surface area contributed by atoms with Crippen molar-refractivity contribution >= 4 is 106 Å². The van der Waals surface area contributed by atoms with Gasteiger partial charge in [-0.2, -0.15) is 0 Å². The van der Waals surface area contributed by atoms with Gasteiger partial charge < -0.3 is 21.6 Å². The molecule has 0 saturated carbocycles. The van der Waals surface area contributed by atoms with Gasteiger partial charge in [0, 0.05) is 30.9 Å². The van der Waals surface area contributed by atoms with Gasteiger partial charge in [-0.15, -0.1) is 0 Å². The van der Waals surface area contributed by atoms with E-state index in [-0.39, 0.29) is 0 Å². The average Bonchev–Trinajstić information content (AvgIpc) is 2.44. The lowest BCUT2D eigenvalue weighted by Gasteiger charge is -2.23. The zero-order chi connectivity index (χ0) is 15.9. The van der Waals surface area contributed by atoms with Crippen LogP contribution in [0.5, 0.6) is 0 Å². The SMILES string of the molecule is [B][B]B(F)[B]B(F)B(B(F)[B][B])B(F)B([B])B(F)[B][B]. The molecule has 20 heteroatoms. The lowest BCUT2D eigenvalue weighted by molar-refractivity contribution is 0.861. The molecule has 0 unspecified atom stereocenters. The summed E-state index contributed by atoms with van der Waals surface area (Å²) in [7, 11) is 21.4. The predicted octanol–water partition coefficient (Wildman–Crippen LogP) is -3.61. The Balaban J connectivity index is 4.95. The molecule has 0 aliphatic carbocycles. The van der Waals surface area contributed by atoms with Crippen molar-refractivity contribution in [1.82, 2.24) is 0 Å². The first-order chi connectivity index (χ1) is 9.29. The van der Waals surface area contributed by atoms with E-state index in [1.807, 2.05) is 0 Å². The summed E-state index contributed by atoms with van der Waals surface area (Å²) in [4.78, 5) is 0. The van der Waals surface area contributed by atoms with E-state index >= 15 is 0 Å². The molecule has 0 fully saturated rings. The highest BCUT2D eigenvalue weighted by Gasteiger charge is 2.51. The van der Waals surface area contributed by atoms with E-state index in [9.17, 15) is 21.6 Å². The van der Waals surface area contributed by atoms with Crippen molar-refractivity contribution in [2.75, 3.05) is 0 Å². The predicted molar refractivity (Wildman–Crippen MR) is 91.9 cm³/mol. The molecule has 20 heavy (non-hydrogen) atoms. The molecule has 80 valence electrons. The van der Waals surface area contributed by atoms with Crippen molar-refractivity contribution in [3.63, 3.8) is 0 Å². The van der Waals surface area contributed by atoms with Gasteiger partial charge in [0.2, 0.25) is 20.3 Å². The van der Waals surface area contributed by atoms with E-state index in [0.717, 1.165) is 0 Å². The number of rotatable bonds is 10. The molecule has 0 N–H and O–H groups in total. The summed E-state index contributed by atoms with van der Waals surface area (Å²) >= 11 is 0. The molecule has 0 saturated heterocycles. The Morgan fingerprint density at radius 2 is 1.20 bits per heavy atom. The highest BCUT2D eigenvalue weighted by atomic mass is 19.1. The van der Waals surface area contributed by atoms with Crippen molar-refractivity contribution in [2.45, 2.75) is 0 Å². The van der Waals surface area contributed by atoms with Crippen LogP contribution in [0, 0.1) is 0 Å². The summed E-state index contributed by atoms with van der Waals surface area (Å²) in [5.41, 5.74) is 0. The summed E-state index contributed by atoms with van der Waals surface area (Å²) in [5.74, 6) is 0. The van der Waals surface area contributed by atoms with Crippen LogP contribution in [0.25, 0.3) is 0 Å². The van der Waals surface area contributed by atoms with Crippen LogP contribution < -0.4 is 0 Å². The van der Waals surface area contributed by atoms with Crippen molar-refractivity contribution < 1.29 is 21.6 Å². The van der Waals surface area contributed by atoms with Gasteiger partial charge in [0.25, 0.3) is 13.5 Å². The summed E-state index contributed by atoms with van der Waals surface area (Å²) in [5, 5.41) is 0. The second kappa shape index (κ2) is 10.4. The van der Waals surface area contributed by atoms with Crippen molar-refractivity contribution in [1.29, 1.82) is 0 Å². The molecule has 0 aromatic heterocycles. The third-order valence-corrected chi connectivity index (χ3v) is 2.76. The monoisotopic (exact) mass is 260 g/mol. The standard InChI is InChI=1S/B15F5/c1-5-10(16)8-13(19)14(12(18)7-3)15(20)9(4)11(17)6-2. The fourth-order valence-corrected chi connectivity index (χ4v) is 1.58. The van der Waals surface area contributed by atoms with Gasteiger partial charge in [-0.3, -0.25) is 0 Å². The molecule has 0 aromatic carbocycles. The lowest BCUT2D eigenvalue weighted by Crippen LogP contribution is -2.68. The number of hydrogen-bond donors (Lipinski definition) is 0. The minimum Gasteiger partial charge on any atom is -0.361 e. The van der Waals surface area contributed by atoms with E-state index in [1.54, 1.807) is 0 Å². The molecule has 0 atom stereocenters. The zero-order valence-electron chi connectivity index (χ0n) is 10.6. The Morgan fingerprint density at radius 3 is 1.60 bits per heavy atom. The Morgan fingerprint density at radius 1 is 0.700 bits per heavy atom. The minimum atomic E-state index is -2.48. The first kappa shape index (κ1) is 20.6. The van der Waals surface area contributed by atoms with Crippen LogP contribution in [0.1, 0.15) is 0 Å². The van der Waals surface area contributed by atoms with Gasteiger partial charge in [-0.05, 0) is 0 Å². The Hall–Kier alpha value is 0.624. The van der Waals surface area contributed by atoms with Crippen LogP contribution in [-0.2, 0) is 0 Å². The summed E-state index contributed by atoms with van der Waals surface area (Å²) in [6.07, 6.45) is -4.01. The average molecular weight is 257 g/mol. The Kier molecular flexibility index (Phi) is 10.7. The first-order valence-corrected chi connectivity index (χ1v) is 5.76. The van der Waals surface area contributed by atoms with Crippen LogP contribution in [-0.4, -0.2) is 106 Å². The van der Waals surface area contributed by atoms with Gasteiger partial charge in [0.1, 0.15) is 13.4 Å². The van der Waals surface area contributed by atoms with E-state index in [2.05, 4.69) is 0 Å². The maximum atomic E-state index is 14.0. The van der Waals surface area contributed by atoms with Crippen LogP contribution in [0.4, 0.5) is 21.6 Å². The maximum absolute atomic E-state index is 14.0. The van der Waals surface area contributed by atoms with E-state index in [1.165, 1.54) is 0 Å². The number of halogens is 5. The summed E-state index contributed by atoms with van der Waals surface area (Å²) in [6.45, 7) is -11.3. The molecule has 0 spiro atoms. The lowest BCUT2D eigenvalue weighted by atomic mass is 8.62. The molecular formula is B15F5. The highest BCUT2D eigenvalue weighted by Crippen LogP contribution is 2.08. The molecule has 12 radical (unpaired) electrons. The van der Waals surface area contributed by atoms with Crippen LogP contribution in [0.3, 0.4) is 0 Å². The molecule has 0 amide bonds. The topological polar surface area (TPSA) is 0 Å². The van der Waals surface area contributed by atoms with E-state index in [4.69, 9.17) is 30.9 Å². The maximum Gasteiger partial charge on any atom is 0.253 e. The smallest absolute Gasteiger partial charge is 0.253 e. The van der Waals surface area contributed by atoms with Crippen LogP contribution in [0.2, 0.25) is 0 Å². The minimum absolute atomic E-state index is 0.333. The van der Waals surface area contributed by atoms with Crippen LogP contribution in [0.15, 0.2) is 0 Å². The van der Waals surface area contributed by atoms with Gasteiger partial charge in [0.05, 0.1) is 21.2 Å². The molecule has 0 heterocycles. The third-order valence-electron chi connectivity index (χ3n) is 2.76. The number of hydrogen-bond acceptors (Lipinski definition) is 0. The van der Waals surface area contributed by atoms with Crippen molar-refractivity contribution in [2.24, 2.45) is 0 Å². The van der Waals surface area contributed by atoms with Gasteiger partial charge in [-0.25, -0.2) is 0 Å². The van der Waals surface area contributed by atoms with Gasteiger partial charge in [0.15, 0.2) is 6.39 Å².